The summed E-state index contributed by atoms with van der Waals surface area (Å²) in [5.74, 6) is 0.242. The van der Waals surface area contributed by atoms with Gasteiger partial charge in [-0.3, -0.25) is 4.79 Å². The molecule has 25 heavy (non-hydrogen) atoms. The molecule has 138 valence electrons. The van der Waals surface area contributed by atoms with Gasteiger partial charge in [-0.05, 0) is 68.3 Å². The SMILES string of the molecule is CC1(CNC(=O)c2cccc(S(=O)(=O)NCC3CC3)c2)CCNCC1. The highest BCUT2D eigenvalue weighted by molar-refractivity contribution is 7.89. The van der Waals surface area contributed by atoms with E-state index in [0.29, 0.717) is 24.6 Å². The summed E-state index contributed by atoms with van der Waals surface area (Å²) in [5.41, 5.74) is 0.475. The van der Waals surface area contributed by atoms with E-state index in [1.807, 2.05) is 0 Å². The standard InChI is InChI=1S/C18H27N3O3S/c1-18(7-9-19-10-8-18)13-20-17(22)15-3-2-4-16(11-15)25(23,24)21-12-14-5-6-14/h2-4,11,14,19,21H,5-10,12-13H2,1H3,(H,20,22). The maximum Gasteiger partial charge on any atom is 0.251 e. The Hall–Kier alpha value is -1.44. The van der Waals surface area contributed by atoms with Gasteiger partial charge in [0.1, 0.15) is 0 Å². The molecule has 6 nitrogen and oxygen atoms in total. The van der Waals surface area contributed by atoms with E-state index in [1.165, 1.54) is 12.1 Å². The molecular formula is C18H27N3O3S. The second kappa shape index (κ2) is 7.43. The first-order valence-electron chi connectivity index (χ1n) is 8.97. The fourth-order valence-corrected chi connectivity index (χ4v) is 4.20. The Morgan fingerprint density at radius 1 is 1.28 bits per heavy atom. The molecule has 0 bridgehead atoms. The lowest BCUT2D eigenvalue weighted by atomic mass is 9.81. The van der Waals surface area contributed by atoms with E-state index in [2.05, 4.69) is 22.3 Å². The van der Waals surface area contributed by atoms with Crippen molar-refractivity contribution in [1.82, 2.24) is 15.4 Å². The van der Waals surface area contributed by atoms with Gasteiger partial charge < -0.3 is 10.6 Å². The molecule has 0 atom stereocenters. The summed E-state index contributed by atoms with van der Waals surface area (Å²) < 4.78 is 27.3. The summed E-state index contributed by atoms with van der Waals surface area (Å²) in [6, 6.07) is 6.25. The molecule has 1 aromatic carbocycles. The van der Waals surface area contributed by atoms with E-state index >= 15 is 0 Å². The molecule has 2 aliphatic rings. The first-order valence-corrected chi connectivity index (χ1v) is 10.4. The normalized spacial score (nSPS) is 20.2. The fraction of sp³-hybridized carbons (Fsp3) is 0.611. The first kappa shape index (κ1) is 18.4. The summed E-state index contributed by atoms with van der Waals surface area (Å²) in [5, 5.41) is 6.29. The van der Waals surface area contributed by atoms with Crippen LogP contribution in [0.3, 0.4) is 0 Å². The summed E-state index contributed by atoms with van der Waals surface area (Å²) in [6.07, 6.45) is 4.21. The number of sulfonamides is 1. The predicted molar refractivity (Wildman–Crippen MR) is 96.9 cm³/mol. The van der Waals surface area contributed by atoms with Crippen molar-refractivity contribution in [1.29, 1.82) is 0 Å². The number of amides is 1. The zero-order chi connectivity index (χ0) is 17.9. The van der Waals surface area contributed by atoms with Crippen LogP contribution < -0.4 is 15.4 Å². The van der Waals surface area contributed by atoms with Crippen molar-refractivity contribution in [2.24, 2.45) is 11.3 Å². The summed E-state index contributed by atoms with van der Waals surface area (Å²) >= 11 is 0. The predicted octanol–water partition coefficient (Wildman–Crippen LogP) is 1.49. The molecule has 2 fully saturated rings. The molecule has 1 aliphatic carbocycles. The minimum atomic E-state index is -3.56. The van der Waals surface area contributed by atoms with Gasteiger partial charge in [0, 0.05) is 18.7 Å². The van der Waals surface area contributed by atoms with Crippen LogP contribution in [0.5, 0.6) is 0 Å². The van der Waals surface area contributed by atoms with Crippen molar-refractivity contribution < 1.29 is 13.2 Å². The van der Waals surface area contributed by atoms with Gasteiger partial charge in [-0.1, -0.05) is 13.0 Å². The van der Waals surface area contributed by atoms with Crippen LogP contribution in [0, 0.1) is 11.3 Å². The molecule has 1 aliphatic heterocycles. The van der Waals surface area contributed by atoms with Crippen molar-refractivity contribution in [2.45, 2.75) is 37.5 Å². The third-order valence-electron chi connectivity index (χ3n) is 5.15. The van der Waals surface area contributed by atoms with Crippen molar-refractivity contribution in [3.63, 3.8) is 0 Å². The Labute approximate surface area is 149 Å². The quantitative estimate of drug-likeness (QED) is 0.683. The van der Waals surface area contributed by atoms with Crippen LogP contribution in [0.25, 0.3) is 0 Å². The van der Waals surface area contributed by atoms with E-state index in [0.717, 1.165) is 38.8 Å². The van der Waals surface area contributed by atoms with Gasteiger partial charge in [-0.15, -0.1) is 0 Å². The third kappa shape index (κ3) is 5.03. The topological polar surface area (TPSA) is 87.3 Å². The number of carbonyl (C=O) groups is 1. The zero-order valence-electron chi connectivity index (χ0n) is 14.7. The van der Waals surface area contributed by atoms with Gasteiger partial charge in [-0.25, -0.2) is 13.1 Å². The van der Waals surface area contributed by atoms with Gasteiger partial charge in [-0.2, -0.15) is 0 Å². The number of hydrogen-bond donors (Lipinski definition) is 3. The van der Waals surface area contributed by atoms with Gasteiger partial charge in [0.2, 0.25) is 10.0 Å². The van der Waals surface area contributed by atoms with Crippen molar-refractivity contribution in [3.8, 4) is 0 Å². The second-order valence-electron chi connectivity index (χ2n) is 7.57. The monoisotopic (exact) mass is 365 g/mol. The molecule has 1 saturated heterocycles. The van der Waals surface area contributed by atoms with E-state index in [-0.39, 0.29) is 16.2 Å². The number of benzene rings is 1. The van der Waals surface area contributed by atoms with Crippen LogP contribution in [-0.4, -0.2) is 40.5 Å². The molecule has 0 aromatic heterocycles. The van der Waals surface area contributed by atoms with E-state index < -0.39 is 10.0 Å². The molecule has 3 rings (SSSR count). The highest BCUT2D eigenvalue weighted by atomic mass is 32.2. The Morgan fingerprint density at radius 2 is 2.00 bits per heavy atom. The zero-order valence-corrected chi connectivity index (χ0v) is 15.5. The highest BCUT2D eigenvalue weighted by Crippen LogP contribution is 2.28. The summed E-state index contributed by atoms with van der Waals surface area (Å²) in [6.45, 7) is 5.19. The molecule has 1 aromatic rings. The minimum Gasteiger partial charge on any atom is -0.351 e. The van der Waals surface area contributed by atoms with Crippen LogP contribution in [-0.2, 0) is 10.0 Å². The summed E-state index contributed by atoms with van der Waals surface area (Å²) in [4.78, 5) is 12.6. The van der Waals surface area contributed by atoms with E-state index in [4.69, 9.17) is 0 Å². The first-order chi connectivity index (χ1) is 11.9. The number of carbonyl (C=O) groups excluding carboxylic acids is 1. The van der Waals surface area contributed by atoms with Crippen LogP contribution in [0.15, 0.2) is 29.2 Å². The molecule has 3 N–H and O–H groups in total. The molecule has 0 spiro atoms. The van der Waals surface area contributed by atoms with E-state index in [9.17, 15) is 13.2 Å². The molecule has 1 heterocycles. The van der Waals surface area contributed by atoms with Crippen LogP contribution in [0.2, 0.25) is 0 Å². The number of piperidine rings is 1. The van der Waals surface area contributed by atoms with Crippen LogP contribution in [0.4, 0.5) is 0 Å². The van der Waals surface area contributed by atoms with E-state index in [1.54, 1.807) is 12.1 Å². The Kier molecular flexibility index (Phi) is 5.46. The molecular weight excluding hydrogens is 338 g/mol. The lowest BCUT2D eigenvalue weighted by Crippen LogP contribution is -2.42. The molecule has 1 amide bonds. The maximum absolute atomic E-state index is 12.4. The largest absolute Gasteiger partial charge is 0.351 e. The second-order valence-corrected chi connectivity index (χ2v) is 9.33. The Morgan fingerprint density at radius 3 is 2.68 bits per heavy atom. The van der Waals surface area contributed by atoms with Crippen molar-refractivity contribution >= 4 is 15.9 Å². The molecule has 7 heteroatoms. The van der Waals surface area contributed by atoms with Crippen molar-refractivity contribution in [2.75, 3.05) is 26.2 Å². The number of hydrogen-bond acceptors (Lipinski definition) is 4. The van der Waals surface area contributed by atoms with Gasteiger partial charge in [0.25, 0.3) is 5.91 Å². The lowest BCUT2D eigenvalue weighted by molar-refractivity contribution is 0.0922. The number of rotatable bonds is 7. The fourth-order valence-electron chi connectivity index (χ4n) is 3.04. The summed E-state index contributed by atoms with van der Waals surface area (Å²) in [7, 11) is -3.56. The molecule has 0 radical (unpaired) electrons. The maximum atomic E-state index is 12.4. The van der Waals surface area contributed by atoms with Crippen LogP contribution >= 0.6 is 0 Å². The smallest absolute Gasteiger partial charge is 0.251 e. The Bertz CT molecular complexity index is 723. The minimum absolute atomic E-state index is 0.0937. The average Bonchev–Trinajstić information content (AvgIpc) is 3.43. The Balaban J connectivity index is 1.62. The number of nitrogens with one attached hydrogen (secondary N) is 3. The molecule has 1 saturated carbocycles. The third-order valence-corrected chi connectivity index (χ3v) is 6.57. The molecule has 0 unspecified atom stereocenters. The van der Waals surface area contributed by atoms with Gasteiger partial charge >= 0.3 is 0 Å². The van der Waals surface area contributed by atoms with Gasteiger partial charge in [0.15, 0.2) is 0 Å². The van der Waals surface area contributed by atoms with Crippen molar-refractivity contribution in [3.05, 3.63) is 29.8 Å². The highest BCUT2D eigenvalue weighted by Gasteiger charge is 2.28. The van der Waals surface area contributed by atoms with Crippen LogP contribution in [0.1, 0.15) is 43.0 Å². The lowest BCUT2D eigenvalue weighted by Gasteiger charge is -2.34. The van der Waals surface area contributed by atoms with Gasteiger partial charge in [0.05, 0.1) is 4.90 Å². The average molecular weight is 365 g/mol.